The summed E-state index contributed by atoms with van der Waals surface area (Å²) in [5.74, 6) is 0.161. The van der Waals surface area contributed by atoms with Gasteiger partial charge in [-0.1, -0.05) is 32.4 Å². The molecule has 2 N–H and O–H groups in total. The zero-order valence-electron chi connectivity index (χ0n) is 16.1. The predicted octanol–water partition coefficient (Wildman–Crippen LogP) is 2.59. The average molecular weight is 364 g/mol. The maximum Gasteiger partial charge on any atom is 0.305 e. The molecule has 1 heterocycles. The highest BCUT2D eigenvalue weighted by atomic mass is 16.5. The fourth-order valence-corrected chi connectivity index (χ4v) is 6.23. The molecule has 0 unspecified atom stereocenters. The molecule has 0 spiro atoms. The van der Waals surface area contributed by atoms with Gasteiger partial charge in [-0.2, -0.15) is 0 Å². The van der Waals surface area contributed by atoms with E-state index in [2.05, 4.69) is 13.8 Å². The number of hydrogen-bond acceptors (Lipinski definition) is 5. The van der Waals surface area contributed by atoms with Gasteiger partial charge < -0.3 is 19.7 Å². The van der Waals surface area contributed by atoms with E-state index in [1.54, 1.807) is 0 Å². The van der Waals surface area contributed by atoms with Crippen LogP contribution in [0.1, 0.15) is 59.3 Å². The Bertz CT molecular complexity index is 616. The smallest absolute Gasteiger partial charge is 0.305 e. The summed E-state index contributed by atoms with van der Waals surface area (Å²) in [5, 5.41) is 21.0. The van der Waals surface area contributed by atoms with E-state index in [1.165, 1.54) is 0 Å². The van der Waals surface area contributed by atoms with Crippen molar-refractivity contribution in [2.45, 2.75) is 83.7 Å². The SMILES string of the molecule is CCC(=O)O[C@H]1CC[C@H]2[C@@H]3[C@@H](O)C=C4C[C@@H](O)CC[C@]4(C)[C@H]3OC[C@]12C. The first kappa shape index (κ1) is 18.5. The van der Waals surface area contributed by atoms with Gasteiger partial charge in [0.2, 0.25) is 0 Å². The molecule has 2 saturated carbocycles. The number of aliphatic hydroxyl groups excluding tert-OH is 2. The zero-order chi connectivity index (χ0) is 18.7. The molecule has 5 heteroatoms. The van der Waals surface area contributed by atoms with Gasteiger partial charge in [0.05, 0.1) is 24.9 Å². The number of carbonyl (C=O) groups is 1. The van der Waals surface area contributed by atoms with Crippen LogP contribution < -0.4 is 0 Å². The van der Waals surface area contributed by atoms with E-state index in [0.29, 0.717) is 19.4 Å². The predicted molar refractivity (Wildman–Crippen MR) is 96.3 cm³/mol. The molecule has 0 aromatic heterocycles. The first-order valence-corrected chi connectivity index (χ1v) is 10.2. The zero-order valence-corrected chi connectivity index (χ0v) is 16.1. The Morgan fingerprint density at radius 1 is 1.31 bits per heavy atom. The molecule has 8 atom stereocenters. The second-order valence-electron chi connectivity index (χ2n) is 9.33. The molecule has 1 saturated heterocycles. The van der Waals surface area contributed by atoms with Crippen molar-refractivity contribution in [1.82, 2.24) is 0 Å². The molecule has 0 aromatic rings. The number of esters is 1. The molecule has 26 heavy (non-hydrogen) atoms. The van der Waals surface area contributed by atoms with Crippen molar-refractivity contribution in [1.29, 1.82) is 0 Å². The summed E-state index contributed by atoms with van der Waals surface area (Å²) in [7, 11) is 0. The lowest BCUT2D eigenvalue weighted by atomic mass is 9.54. The van der Waals surface area contributed by atoms with Crippen molar-refractivity contribution < 1.29 is 24.5 Å². The van der Waals surface area contributed by atoms with Crippen molar-refractivity contribution in [2.75, 3.05) is 6.61 Å². The summed E-state index contributed by atoms with van der Waals surface area (Å²) in [5.41, 5.74) is 0.812. The standard InChI is InChI=1S/C21H32O5/c1-4-17(24)26-16-6-5-14-18-15(23)10-12-9-13(22)7-8-20(12,2)19(18)25-11-21(14,16)3/h10,13-16,18-19,22-23H,4-9,11H2,1-3H3/t13-,14-,15-,16-,18+,19-,20-,21-/m0/s1. The van der Waals surface area contributed by atoms with Gasteiger partial charge in [-0.15, -0.1) is 0 Å². The third kappa shape index (κ3) is 2.58. The molecule has 146 valence electrons. The van der Waals surface area contributed by atoms with Crippen molar-refractivity contribution in [2.24, 2.45) is 22.7 Å². The highest BCUT2D eigenvalue weighted by Crippen LogP contribution is 2.60. The Morgan fingerprint density at radius 2 is 2.08 bits per heavy atom. The molecule has 4 rings (SSSR count). The molecule has 5 nitrogen and oxygen atoms in total. The molecule has 3 aliphatic carbocycles. The van der Waals surface area contributed by atoms with Gasteiger partial charge in [0.15, 0.2) is 0 Å². The molecular weight excluding hydrogens is 332 g/mol. The molecule has 0 radical (unpaired) electrons. The summed E-state index contributed by atoms with van der Waals surface area (Å²) in [6, 6.07) is 0. The van der Waals surface area contributed by atoms with Crippen LogP contribution in [0.15, 0.2) is 11.6 Å². The first-order valence-electron chi connectivity index (χ1n) is 10.2. The van der Waals surface area contributed by atoms with Gasteiger partial charge in [0, 0.05) is 23.2 Å². The summed E-state index contributed by atoms with van der Waals surface area (Å²) in [6.07, 6.45) is 5.49. The number of rotatable bonds is 2. The van der Waals surface area contributed by atoms with E-state index in [4.69, 9.17) is 9.47 Å². The van der Waals surface area contributed by atoms with Crippen molar-refractivity contribution in [3.63, 3.8) is 0 Å². The second kappa shape index (κ2) is 6.32. The summed E-state index contributed by atoms with van der Waals surface area (Å²) < 4.78 is 12.2. The van der Waals surface area contributed by atoms with Crippen LogP contribution in [0, 0.1) is 22.7 Å². The number of fused-ring (bicyclic) bond motifs is 5. The molecule has 4 aliphatic rings. The molecule has 1 aliphatic heterocycles. The minimum absolute atomic E-state index is 0.0244. The van der Waals surface area contributed by atoms with Crippen LogP contribution in [0.25, 0.3) is 0 Å². The quantitative estimate of drug-likeness (QED) is 0.582. The minimum atomic E-state index is -0.557. The maximum absolute atomic E-state index is 11.9. The van der Waals surface area contributed by atoms with Crippen molar-refractivity contribution in [3.8, 4) is 0 Å². The van der Waals surface area contributed by atoms with E-state index in [1.807, 2.05) is 13.0 Å². The summed E-state index contributed by atoms with van der Waals surface area (Å²) >= 11 is 0. The van der Waals surface area contributed by atoms with Crippen molar-refractivity contribution in [3.05, 3.63) is 11.6 Å². The second-order valence-corrected chi connectivity index (χ2v) is 9.33. The van der Waals surface area contributed by atoms with E-state index in [9.17, 15) is 15.0 Å². The van der Waals surface area contributed by atoms with Crippen LogP contribution in [0.5, 0.6) is 0 Å². The van der Waals surface area contributed by atoms with E-state index in [0.717, 1.165) is 31.3 Å². The lowest BCUT2D eigenvalue weighted by molar-refractivity contribution is -0.212. The fourth-order valence-electron chi connectivity index (χ4n) is 6.23. The Hall–Kier alpha value is -0.910. The summed E-state index contributed by atoms with van der Waals surface area (Å²) in [6.45, 7) is 6.78. The minimum Gasteiger partial charge on any atom is -0.462 e. The lowest BCUT2D eigenvalue weighted by Crippen LogP contribution is -2.61. The Kier molecular flexibility index (Phi) is 4.48. The highest BCUT2D eigenvalue weighted by Gasteiger charge is 2.62. The van der Waals surface area contributed by atoms with Gasteiger partial charge in [0.1, 0.15) is 6.10 Å². The van der Waals surface area contributed by atoms with Crippen LogP contribution in [0.2, 0.25) is 0 Å². The van der Waals surface area contributed by atoms with Gasteiger partial charge in [-0.3, -0.25) is 4.79 Å². The van der Waals surface area contributed by atoms with Crippen LogP contribution in [0.3, 0.4) is 0 Å². The normalized spacial score (nSPS) is 50.3. The van der Waals surface area contributed by atoms with E-state index < -0.39 is 6.10 Å². The van der Waals surface area contributed by atoms with Crippen molar-refractivity contribution >= 4 is 5.97 Å². The van der Waals surface area contributed by atoms with Gasteiger partial charge >= 0.3 is 5.97 Å². The van der Waals surface area contributed by atoms with Crippen LogP contribution in [-0.2, 0) is 14.3 Å². The van der Waals surface area contributed by atoms with Gasteiger partial charge in [0.25, 0.3) is 0 Å². The lowest BCUT2D eigenvalue weighted by Gasteiger charge is -2.58. The Labute approximate surface area is 155 Å². The topological polar surface area (TPSA) is 76.0 Å². The highest BCUT2D eigenvalue weighted by molar-refractivity contribution is 5.69. The third-order valence-electron chi connectivity index (χ3n) is 7.85. The number of hydrogen-bond donors (Lipinski definition) is 2. The molecule has 0 aromatic carbocycles. The van der Waals surface area contributed by atoms with Crippen LogP contribution in [0.4, 0.5) is 0 Å². The monoisotopic (exact) mass is 364 g/mol. The Morgan fingerprint density at radius 3 is 2.81 bits per heavy atom. The van der Waals surface area contributed by atoms with Gasteiger partial charge in [-0.05, 0) is 38.0 Å². The summed E-state index contributed by atoms with van der Waals surface area (Å²) in [4.78, 5) is 11.9. The number of carbonyl (C=O) groups excluding carboxylic acids is 1. The molecule has 0 amide bonds. The average Bonchev–Trinajstić information content (AvgIpc) is 2.93. The van der Waals surface area contributed by atoms with E-state index >= 15 is 0 Å². The van der Waals surface area contributed by atoms with Gasteiger partial charge in [-0.25, -0.2) is 0 Å². The fraction of sp³-hybridized carbons (Fsp3) is 0.857. The number of aliphatic hydroxyl groups is 2. The maximum atomic E-state index is 11.9. The van der Waals surface area contributed by atoms with E-state index in [-0.39, 0.29) is 46.9 Å². The molecule has 3 fully saturated rings. The third-order valence-corrected chi connectivity index (χ3v) is 7.85. The number of ether oxygens (including phenoxy) is 2. The Balaban J connectivity index is 1.64. The molecular formula is C21H32O5. The molecule has 0 bridgehead atoms. The van der Waals surface area contributed by atoms with Crippen LogP contribution >= 0.6 is 0 Å². The van der Waals surface area contributed by atoms with Crippen LogP contribution in [-0.4, -0.2) is 47.2 Å². The first-order chi connectivity index (χ1) is 12.3. The largest absolute Gasteiger partial charge is 0.462 e.